The third kappa shape index (κ3) is 4.85. The Morgan fingerprint density at radius 1 is 1.17 bits per heavy atom. The Balaban J connectivity index is 2.40. The van der Waals surface area contributed by atoms with E-state index in [9.17, 15) is 0 Å². The second-order valence-electron chi connectivity index (χ2n) is 6.04. The lowest BCUT2D eigenvalue weighted by atomic mass is 9.78. The van der Waals surface area contributed by atoms with E-state index in [0.717, 1.165) is 23.8 Å². The number of hydrogen-bond donors (Lipinski definition) is 0. The number of hydrogen-bond acceptors (Lipinski definition) is 1. The van der Waals surface area contributed by atoms with Crippen LogP contribution in [0.4, 0.5) is 0 Å². The van der Waals surface area contributed by atoms with Gasteiger partial charge in [-0.1, -0.05) is 62.4 Å². The molecule has 0 aromatic heterocycles. The van der Waals surface area contributed by atoms with Crippen LogP contribution in [0, 0.1) is 11.8 Å². The zero-order valence-corrected chi connectivity index (χ0v) is 14.1. The predicted octanol–water partition coefficient (Wildman–Crippen LogP) is 5.56. The Kier molecular flexibility index (Phi) is 7.86. The van der Waals surface area contributed by atoms with Gasteiger partial charge in [-0.05, 0) is 37.5 Å². The fourth-order valence-corrected chi connectivity index (χ4v) is 3.76. The molecule has 0 saturated heterocycles. The molecule has 1 aliphatic rings. The summed E-state index contributed by atoms with van der Waals surface area (Å²) >= 11 is 3.70. The minimum absolute atomic E-state index is 0.146. The van der Waals surface area contributed by atoms with Gasteiger partial charge in [-0.15, -0.1) is 0 Å². The van der Waals surface area contributed by atoms with Gasteiger partial charge in [0.1, 0.15) is 0 Å². The van der Waals surface area contributed by atoms with Crippen LogP contribution in [-0.4, -0.2) is 17.5 Å². The van der Waals surface area contributed by atoms with Gasteiger partial charge in [0.2, 0.25) is 0 Å². The fourth-order valence-electron chi connectivity index (χ4n) is 3.04. The van der Waals surface area contributed by atoms with Crippen molar-refractivity contribution in [3.8, 4) is 0 Å². The van der Waals surface area contributed by atoms with E-state index < -0.39 is 0 Å². The van der Waals surface area contributed by atoms with Crippen LogP contribution in [0.25, 0.3) is 0 Å². The monoisotopic (exact) mass is 318 g/mol. The molecule has 1 aliphatic carbocycles. The Morgan fingerprint density at radius 2 is 1.78 bits per heavy atom. The normalized spacial score (nSPS) is 28.8. The quantitative estimate of drug-likeness (QED) is 0.532. The minimum atomic E-state index is 0.146. The summed E-state index contributed by atoms with van der Waals surface area (Å²) < 4.78 is 6.34. The summed E-state index contributed by atoms with van der Waals surface area (Å²) in [6.45, 7) is 7.81. The molecule has 0 bridgehead atoms. The molecule has 0 radical (unpaired) electrons. The second-order valence-corrected chi connectivity index (χ2v) is 6.60. The Labute approximate surface area is 122 Å². The average molecular weight is 319 g/mol. The van der Waals surface area contributed by atoms with Crippen molar-refractivity contribution < 1.29 is 4.74 Å². The van der Waals surface area contributed by atoms with Gasteiger partial charge in [0.05, 0.1) is 12.2 Å². The Morgan fingerprint density at radius 3 is 2.22 bits per heavy atom. The van der Waals surface area contributed by atoms with Gasteiger partial charge in [-0.25, -0.2) is 0 Å². The molecule has 1 nitrogen and oxygen atoms in total. The molecule has 18 heavy (non-hydrogen) atoms. The molecule has 1 fully saturated rings. The third-order valence-electron chi connectivity index (χ3n) is 4.74. The first-order chi connectivity index (χ1) is 8.69. The molecule has 1 saturated carbocycles. The molecule has 2 heteroatoms. The average Bonchev–Trinajstić information content (AvgIpc) is 2.42. The smallest absolute Gasteiger partial charge is 0.0779 e. The number of halogens is 1. The van der Waals surface area contributed by atoms with Gasteiger partial charge in [-0.2, -0.15) is 0 Å². The second kappa shape index (κ2) is 8.58. The van der Waals surface area contributed by atoms with Gasteiger partial charge >= 0.3 is 0 Å². The van der Waals surface area contributed by atoms with E-state index in [1.807, 2.05) is 0 Å². The predicted molar refractivity (Wildman–Crippen MR) is 83.4 cm³/mol. The summed E-state index contributed by atoms with van der Waals surface area (Å²) in [5, 5.41) is 1.01. The van der Waals surface area contributed by atoms with Crippen molar-refractivity contribution in [1.82, 2.24) is 0 Å². The molecule has 0 aromatic carbocycles. The molecule has 0 aromatic rings. The molecule has 0 N–H and O–H groups in total. The zero-order valence-electron chi connectivity index (χ0n) is 12.5. The first kappa shape index (κ1) is 16.5. The van der Waals surface area contributed by atoms with Crippen LogP contribution in [0.2, 0.25) is 0 Å². The van der Waals surface area contributed by atoms with E-state index in [1.165, 1.54) is 51.4 Å². The maximum atomic E-state index is 6.34. The minimum Gasteiger partial charge on any atom is -0.374 e. The third-order valence-corrected chi connectivity index (χ3v) is 5.76. The summed E-state index contributed by atoms with van der Waals surface area (Å²) in [6.07, 6.45) is 10.5. The largest absolute Gasteiger partial charge is 0.374 e. The maximum absolute atomic E-state index is 6.34. The van der Waals surface area contributed by atoms with Crippen LogP contribution < -0.4 is 0 Å². The van der Waals surface area contributed by atoms with Crippen molar-refractivity contribution in [1.29, 1.82) is 0 Å². The maximum Gasteiger partial charge on any atom is 0.0779 e. The van der Waals surface area contributed by atoms with E-state index in [4.69, 9.17) is 4.74 Å². The van der Waals surface area contributed by atoms with E-state index >= 15 is 0 Å². The Bertz CT molecular complexity index is 205. The van der Waals surface area contributed by atoms with Crippen LogP contribution in [0.3, 0.4) is 0 Å². The molecule has 1 rings (SSSR count). The van der Waals surface area contributed by atoms with Crippen molar-refractivity contribution in [3.05, 3.63) is 0 Å². The van der Waals surface area contributed by atoms with Gasteiger partial charge in [-0.3, -0.25) is 0 Å². The summed E-state index contributed by atoms with van der Waals surface area (Å²) in [5.41, 5.74) is 0.146. The first-order valence-electron chi connectivity index (χ1n) is 7.89. The van der Waals surface area contributed by atoms with Crippen LogP contribution in [0.5, 0.6) is 0 Å². The highest BCUT2D eigenvalue weighted by Crippen LogP contribution is 2.38. The number of ether oxygens (including phenoxy) is 1. The molecule has 0 aliphatic heterocycles. The number of rotatable bonds is 8. The summed E-state index contributed by atoms with van der Waals surface area (Å²) in [5.74, 6) is 1.70. The molecule has 108 valence electrons. The van der Waals surface area contributed by atoms with E-state index in [2.05, 4.69) is 36.7 Å². The van der Waals surface area contributed by atoms with Crippen LogP contribution in [0.15, 0.2) is 0 Å². The lowest BCUT2D eigenvalue weighted by Gasteiger charge is -2.40. The molecule has 0 heterocycles. The zero-order chi connectivity index (χ0) is 13.4. The number of alkyl halides is 1. The molecule has 0 atom stereocenters. The van der Waals surface area contributed by atoms with E-state index in [1.54, 1.807) is 0 Å². The van der Waals surface area contributed by atoms with Crippen molar-refractivity contribution in [2.45, 2.75) is 77.7 Å². The van der Waals surface area contributed by atoms with Gasteiger partial charge in [0.15, 0.2) is 0 Å². The summed E-state index contributed by atoms with van der Waals surface area (Å²) in [7, 11) is 0. The summed E-state index contributed by atoms with van der Waals surface area (Å²) in [4.78, 5) is 0. The standard InChI is InChI=1S/C16H31BrO/c1-4-7-15-8-10-16(13-17,11-9-15)18-12-14(5-2)6-3/h14-15H,4-13H2,1-3H3. The molecule has 0 unspecified atom stereocenters. The van der Waals surface area contributed by atoms with Crippen molar-refractivity contribution >= 4 is 15.9 Å². The topological polar surface area (TPSA) is 9.23 Å². The van der Waals surface area contributed by atoms with Crippen LogP contribution >= 0.6 is 15.9 Å². The Hall–Kier alpha value is 0.440. The van der Waals surface area contributed by atoms with Crippen LogP contribution in [-0.2, 0) is 4.74 Å². The fraction of sp³-hybridized carbons (Fsp3) is 1.00. The molecular formula is C16H31BrO. The van der Waals surface area contributed by atoms with Crippen molar-refractivity contribution in [2.75, 3.05) is 11.9 Å². The lowest BCUT2D eigenvalue weighted by molar-refractivity contribution is -0.0747. The summed E-state index contributed by atoms with van der Waals surface area (Å²) in [6, 6.07) is 0. The lowest BCUT2D eigenvalue weighted by Crippen LogP contribution is -2.40. The molecular weight excluding hydrogens is 288 g/mol. The SMILES string of the molecule is CCCC1CCC(CBr)(OCC(CC)CC)CC1. The highest BCUT2D eigenvalue weighted by molar-refractivity contribution is 9.09. The van der Waals surface area contributed by atoms with E-state index in [-0.39, 0.29) is 5.60 Å². The van der Waals surface area contributed by atoms with E-state index in [0.29, 0.717) is 0 Å². The van der Waals surface area contributed by atoms with Gasteiger partial charge in [0, 0.05) is 5.33 Å². The van der Waals surface area contributed by atoms with Gasteiger partial charge < -0.3 is 4.74 Å². The van der Waals surface area contributed by atoms with Gasteiger partial charge in [0.25, 0.3) is 0 Å². The highest BCUT2D eigenvalue weighted by atomic mass is 79.9. The molecule has 0 spiro atoms. The highest BCUT2D eigenvalue weighted by Gasteiger charge is 2.35. The first-order valence-corrected chi connectivity index (χ1v) is 9.01. The van der Waals surface area contributed by atoms with Crippen molar-refractivity contribution in [3.63, 3.8) is 0 Å². The van der Waals surface area contributed by atoms with Crippen LogP contribution in [0.1, 0.15) is 72.1 Å². The van der Waals surface area contributed by atoms with Crippen molar-refractivity contribution in [2.24, 2.45) is 11.8 Å². The molecule has 0 amide bonds.